The van der Waals surface area contributed by atoms with Gasteiger partial charge in [0.15, 0.2) is 6.10 Å². The average Bonchev–Trinajstić information content (AvgIpc) is 2.94. The SMILES string of the molecule is CC/C=C\C/C=C\C/C=C\C/C=C\C/C=C\CCCCCC(=O)OC(COC(=O)CC)COP(=O)(O)OCCN. The lowest BCUT2D eigenvalue weighted by Gasteiger charge is -2.19. The van der Waals surface area contributed by atoms with E-state index in [1.807, 2.05) is 0 Å². The van der Waals surface area contributed by atoms with Gasteiger partial charge in [-0.15, -0.1) is 0 Å². The highest BCUT2D eigenvalue weighted by molar-refractivity contribution is 7.47. The van der Waals surface area contributed by atoms with E-state index in [1.54, 1.807) is 6.92 Å². The first-order valence-corrected chi connectivity index (χ1v) is 15.8. The molecular formula is C30H50NO8P. The number of esters is 2. The highest BCUT2D eigenvalue weighted by Gasteiger charge is 2.25. The molecule has 0 aliphatic carbocycles. The molecule has 9 nitrogen and oxygen atoms in total. The van der Waals surface area contributed by atoms with Gasteiger partial charge >= 0.3 is 19.8 Å². The Balaban J connectivity index is 4.07. The highest BCUT2D eigenvalue weighted by Crippen LogP contribution is 2.43. The first-order valence-electron chi connectivity index (χ1n) is 14.3. The summed E-state index contributed by atoms with van der Waals surface area (Å²) >= 11 is 0. The van der Waals surface area contributed by atoms with Crippen LogP contribution in [0.25, 0.3) is 0 Å². The van der Waals surface area contributed by atoms with Crippen molar-refractivity contribution in [3.63, 3.8) is 0 Å². The number of unbranched alkanes of at least 4 members (excludes halogenated alkanes) is 3. The van der Waals surface area contributed by atoms with Gasteiger partial charge in [0.25, 0.3) is 0 Å². The number of phosphoric ester groups is 1. The first kappa shape index (κ1) is 37.7. The highest BCUT2D eigenvalue weighted by atomic mass is 31.2. The minimum atomic E-state index is -4.35. The van der Waals surface area contributed by atoms with Crippen molar-refractivity contribution in [3.05, 3.63) is 60.8 Å². The Hall–Kier alpha value is -2.29. The van der Waals surface area contributed by atoms with E-state index in [2.05, 4.69) is 72.2 Å². The summed E-state index contributed by atoms with van der Waals surface area (Å²) in [6, 6.07) is 0. The van der Waals surface area contributed by atoms with Crippen LogP contribution in [0.4, 0.5) is 0 Å². The number of rotatable bonds is 25. The van der Waals surface area contributed by atoms with Crippen LogP contribution in [0.5, 0.6) is 0 Å². The second-order valence-electron chi connectivity index (χ2n) is 8.84. The summed E-state index contributed by atoms with van der Waals surface area (Å²) in [4.78, 5) is 33.3. The fourth-order valence-electron chi connectivity index (χ4n) is 3.11. The maximum Gasteiger partial charge on any atom is 0.472 e. The summed E-state index contributed by atoms with van der Waals surface area (Å²) in [5.74, 6) is -0.977. The van der Waals surface area contributed by atoms with Gasteiger partial charge in [-0.1, -0.05) is 81.0 Å². The van der Waals surface area contributed by atoms with E-state index < -0.39 is 32.5 Å². The van der Waals surface area contributed by atoms with E-state index in [9.17, 15) is 19.0 Å². The monoisotopic (exact) mass is 583 g/mol. The van der Waals surface area contributed by atoms with Crippen molar-refractivity contribution < 1.29 is 37.6 Å². The van der Waals surface area contributed by atoms with Crippen LogP contribution in [-0.4, -0.2) is 49.3 Å². The minimum absolute atomic E-state index is 0.0432. The quantitative estimate of drug-likeness (QED) is 0.0524. The topological polar surface area (TPSA) is 134 Å². The molecule has 2 unspecified atom stereocenters. The van der Waals surface area contributed by atoms with E-state index in [-0.39, 0.29) is 32.6 Å². The van der Waals surface area contributed by atoms with Crippen molar-refractivity contribution in [2.45, 2.75) is 90.6 Å². The molecular weight excluding hydrogens is 533 g/mol. The molecule has 0 rings (SSSR count). The van der Waals surface area contributed by atoms with Crippen LogP contribution in [0.15, 0.2) is 60.8 Å². The summed E-state index contributed by atoms with van der Waals surface area (Å²) < 4.78 is 31.6. The number of phosphoric acid groups is 1. The zero-order chi connectivity index (χ0) is 29.7. The van der Waals surface area contributed by atoms with Crippen molar-refractivity contribution in [2.24, 2.45) is 5.73 Å². The maximum atomic E-state index is 12.2. The van der Waals surface area contributed by atoms with Crippen molar-refractivity contribution in [2.75, 3.05) is 26.4 Å². The molecule has 0 aliphatic heterocycles. The number of hydrogen-bond donors (Lipinski definition) is 2. The Morgan fingerprint density at radius 3 is 1.90 bits per heavy atom. The summed E-state index contributed by atoms with van der Waals surface area (Å²) in [5, 5.41) is 0. The number of carbonyl (C=O) groups excluding carboxylic acids is 2. The molecule has 10 heteroatoms. The van der Waals surface area contributed by atoms with Gasteiger partial charge in [0, 0.05) is 19.4 Å². The molecule has 2 atom stereocenters. The molecule has 0 aliphatic rings. The van der Waals surface area contributed by atoms with Gasteiger partial charge in [-0.05, 0) is 51.4 Å². The van der Waals surface area contributed by atoms with Gasteiger partial charge < -0.3 is 20.1 Å². The van der Waals surface area contributed by atoms with Crippen LogP contribution in [0.2, 0.25) is 0 Å². The smallest absolute Gasteiger partial charge is 0.462 e. The Morgan fingerprint density at radius 1 is 0.775 bits per heavy atom. The van der Waals surface area contributed by atoms with Crippen molar-refractivity contribution in [1.29, 1.82) is 0 Å². The Morgan fingerprint density at radius 2 is 1.35 bits per heavy atom. The Bertz CT molecular complexity index is 851. The van der Waals surface area contributed by atoms with E-state index in [0.29, 0.717) is 6.42 Å². The van der Waals surface area contributed by atoms with E-state index in [4.69, 9.17) is 19.7 Å². The van der Waals surface area contributed by atoms with E-state index in [0.717, 1.165) is 51.4 Å². The molecule has 0 radical (unpaired) electrons. The summed E-state index contributed by atoms with van der Waals surface area (Å²) in [6.45, 7) is 2.91. The number of nitrogens with two attached hydrogens (primary N) is 1. The molecule has 0 fully saturated rings. The summed E-state index contributed by atoms with van der Waals surface area (Å²) in [6.07, 6.45) is 29.3. The minimum Gasteiger partial charge on any atom is -0.462 e. The molecule has 0 aromatic heterocycles. The third-order valence-corrected chi connectivity index (χ3v) is 6.21. The maximum absolute atomic E-state index is 12.2. The summed E-state index contributed by atoms with van der Waals surface area (Å²) in [5.41, 5.74) is 5.24. The number of carbonyl (C=O) groups is 2. The zero-order valence-electron chi connectivity index (χ0n) is 24.3. The van der Waals surface area contributed by atoms with Gasteiger partial charge in [0.1, 0.15) is 6.61 Å². The second-order valence-corrected chi connectivity index (χ2v) is 10.3. The predicted octanol–water partition coefficient (Wildman–Crippen LogP) is 6.65. The van der Waals surface area contributed by atoms with Crippen LogP contribution in [0.3, 0.4) is 0 Å². The van der Waals surface area contributed by atoms with Gasteiger partial charge in [-0.3, -0.25) is 18.6 Å². The molecule has 0 spiro atoms. The lowest BCUT2D eigenvalue weighted by atomic mass is 10.1. The number of ether oxygens (including phenoxy) is 2. The molecule has 40 heavy (non-hydrogen) atoms. The van der Waals surface area contributed by atoms with Gasteiger partial charge in [0.05, 0.1) is 13.2 Å². The van der Waals surface area contributed by atoms with Crippen LogP contribution in [-0.2, 0) is 32.7 Å². The molecule has 0 aromatic carbocycles. The molecule has 0 amide bonds. The molecule has 0 bridgehead atoms. The lowest BCUT2D eigenvalue weighted by molar-refractivity contribution is -0.161. The number of allylic oxidation sites excluding steroid dienone is 10. The molecule has 0 heterocycles. The predicted molar refractivity (Wildman–Crippen MR) is 159 cm³/mol. The molecule has 0 aromatic rings. The molecule has 0 saturated heterocycles. The van der Waals surface area contributed by atoms with Crippen molar-refractivity contribution >= 4 is 19.8 Å². The first-order chi connectivity index (χ1) is 19.3. The van der Waals surface area contributed by atoms with Gasteiger partial charge in [-0.2, -0.15) is 0 Å². The third kappa shape index (κ3) is 26.0. The van der Waals surface area contributed by atoms with Crippen molar-refractivity contribution in [1.82, 2.24) is 0 Å². The van der Waals surface area contributed by atoms with Gasteiger partial charge in [-0.25, -0.2) is 4.57 Å². The largest absolute Gasteiger partial charge is 0.472 e. The Kier molecular flexibility index (Phi) is 25.4. The van der Waals surface area contributed by atoms with Crippen molar-refractivity contribution in [3.8, 4) is 0 Å². The second kappa shape index (κ2) is 26.9. The fourth-order valence-corrected chi connectivity index (χ4v) is 3.87. The van der Waals surface area contributed by atoms with E-state index in [1.165, 1.54) is 0 Å². The Labute approximate surface area is 240 Å². The van der Waals surface area contributed by atoms with Gasteiger partial charge in [0.2, 0.25) is 0 Å². The van der Waals surface area contributed by atoms with Crippen LogP contribution < -0.4 is 5.73 Å². The van der Waals surface area contributed by atoms with Crippen LogP contribution in [0.1, 0.15) is 84.5 Å². The molecule has 228 valence electrons. The lowest BCUT2D eigenvalue weighted by Crippen LogP contribution is -2.29. The average molecular weight is 584 g/mol. The van der Waals surface area contributed by atoms with Crippen LogP contribution >= 0.6 is 7.82 Å². The normalized spacial score (nSPS) is 14.6. The van der Waals surface area contributed by atoms with Crippen LogP contribution in [0, 0.1) is 0 Å². The van der Waals surface area contributed by atoms with E-state index >= 15 is 0 Å². The molecule has 0 saturated carbocycles. The number of hydrogen-bond acceptors (Lipinski definition) is 8. The molecule has 3 N–H and O–H groups in total. The summed E-state index contributed by atoms with van der Waals surface area (Å²) in [7, 11) is -4.35. The third-order valence-electron chi connectivity index (χ3n) is 5.22. The standard InChI is InChI=1S/C30H50NO8P/c1-3-5-6-7-8-9-10-11-12-13-14-15-16-17-18-19-20-21-22-23-30(33)39-28(26-36-29(32)4-2)27-38-40(34,35)37-25-24-31/h5-6,8-9,11-12,14-15,17-18,28H,3-4,7,10,13,16,19-27,31H2,1-2H3,(H,34,35)/b6-5-,9-8-,12-11-,15-14-,18-17-. The zero-order valence-corrected chi connectivity index (χ0v) is 25.2. The fraction of sp³-hybridized carbons (Fsp3) is 0.600.